The van der Waals surface area contributed by atoms with Crippen molar-refractivity contribution in [3.8, 4) is 0 Å². The van der Waals surface area contributed by atoms with E-state index in [2.05, 4.69) is 41.3 Å². The van der Waals surface area contributed by atoms with Crippen molar-refractivity contribution in [1.82, 2.24) is 15.2 Å². The van der Waals surface area contributed by atoms with Gasteiger partial charge in [0.2, 0.25) is 0 Å². The number of nitrogens with zero attached hydrogens (tertiary/aromatic N) is 2. The maximum atomic E-state index is 4.56. The molecule has 1 aliphatic rings. The molecule has 2 atom stereocenters. The molecule has 1 saturated heterocycles. The number of pyridine rings is 1. The van der Waals surface area contributed by atoms with Gasteiger partial charge in [-0.1, -0.05) is 13.0 Å². The Labute approximate surface area is 111 Å². The van der Waals surface area contributed by atoms with Crippen molar-refractivity contribution in [3.05, 3.63) is 29.6 Å². The molecule has 0 bridgehead atoms. The molecule has 18 heavy (non-hydrogen) atoms. The van der Waals surface area contributed by atoms with E-state index in [1.165, 1.54) is 25.1 Å². The van der Waals surface area contributed by atoms with Crippen LogP contribution in [0.5, 0.6) is 0 Å². The van der Waals surface area contributed by atoms with Gasteiger partial charge in [-0.3, -0.25) is 9.88 Å². The average molecular weight is 247 g/mol. The van der Waals surface area contributed by atoms with Crippen molar-refractivity contribution in [2.45, 2.75) is 39.3 Å². The zero-order chi connectivity index (χ0) is 13.0. The molecule has 0 spiro atoms. The van der Waals surface area contributed by atoms with Crippen LogP contribution in [0, 0.1) is 12.8 Å². The van der Waals surface area contributed by atoms with Gasteiger partial charge in [0.15, 0.2) is 0 Å². The molecular formula is C15H25N3. The summed E-state index contributed by atoms with van der Waals surface area (Å²) in [7, 11) is 2.19. The van der Waals surface area contributed by atoms with Gasteiger partial charge in [-0.15, -0.1) is 0 Å². The lowest BCUT2D eigenvalue weighted by atomic mass is 9.92. The van der Waals surface area contributed by atoms with Crippen molar-refractivity contribution in [2.24, 2.45) is 5.92 Å². The highest BCUT2D eigenvalue weighted by Crippen LogP contribution is 2.16. The Hall–Kier alpha value is -0.930. The van der Waals surface area contributed by atoms with Crippen molar-refractivity contribution in [2.75, 3.05) is 20.1 Å². The number of aromatic nitrogens is 1. The molecule has 1 N–H and O–H groups in total. The van der Waals surface area contributed by atoms with Gasteiger partial charge < -0.3 is 5.32 Å². The van der Waals surface area contributed by atoms with Gasteiger partial charge in [-0.2, -0.15) is 0 Å². The van der Waals surface area contributed by atoms with E-state index in [0.717, 1.165) is 24.7 Å². The van der Waals surface area contributed by atoms with Crippen LogP contribution in [0.25, 0.3) is 0 Å². The van der Waals surface area contributed by atoms with E-state index in [-0.39, 0.29) is 0 Å². The first-order valence-electron chi connectivity index (χ1n) is 6.99. The van der Waals surface area contributed by atoms with Gasteiger partial charge in [-0.05, 0) is 51.4 Å². The molecule has 100 valence electrons. The topological polar surface area (TPSA) is 28.2 Å². The average Bonchev–Trinajstić information content (AvgIpc) is 2.32. The molecule has 1 fully saturated rings. The molecule has 2 heterocycles. The predicted molar refractivity (Wildman–Crippen MR) is 75.5 cm³/mol. The zero-order valence-electron chi connectivity index (χ0n) is 11.8. The lowest BCUT2D eigenvalue weighted by molar-refractivity contribution is 0.210. The molecule has 1 aromatic heterocycles. The third-order valence-corrected chi connectivity index (χ3v) is 3.82. The Morgan fingerprint density at radius 2 is 2.28 bits per heavy atom. The monoisotopic (exact) mass is 247 g/mol. The van der Waals surface area contributed by atoms with Gasteiger partial charge >= 0.3 is 0 Å². The lowest BCUT2D eigenvalue weighted by Crippen LogP contribution is -2.46. The zero-order valence-corrected chi connectivity index (χ0v) is 11.8. The fourth-order valence-corrected chi connectivity index (χ4v) is 2.72. The van der Waals surface area contributed by atoms with Crippen LogP contribution in [0.1, 0.15) is 31.2 Å². The molecule has 0 aromatic carbocycles. The van der Waals surface area contributed by atoms with Gasteiger partial charge in [0, 0.05) is 24.8 Å². The van der Waals surface area contributed by atoms with E-state index in [1.54, 1.807) is 0 Å². The van der Waals surface area contributed by atoms with Gasteiger partial charge in [0.05, 0.1) is 5.69 Å². The van der Waals surface area contributed by atoms with Gasteiger partial charge in [0.1, 0.15) is 0 Å². The minimum absolute atomic E-state index is 0.633. The molecule has 2 rings (SSSR count). The van der Waals surface area contributed by atoms with Crippen LogP contribution in [0.15, 0.2) is 18.2 Å². The fraction of sp³-hybridized carbons (Fsp3) is 0.667. The summed E-state index contributed by atoms with van der Waals surface area (Å²) in [6, 6.07) is 6.89. The maximum absolute atomic E-state index is 4.56. The van der Waals surface area contributed by atoms with Crippen molar-refractivity contribution < 1.29 is 0 Å². The molecule has 3 heteroatoms. The molecule has 0 saturated carbocycles. The summed E-state index contributed by atoms with van der Waals surface area (Å²) in [6.07, 6.45) is 2.68. The first-order valence-corrected chi connectivity index (χ1v) is 6.99. The Morgan fingerprint density at radius 1 is 1.44 bits per heavy atom. The van der Waals surface area contributed by atoms with Gasteiger partial charge in [0.25, 0.3) is 0 Å². The number of nitrogens with one attached hydrogen (secondary N) is 1. The first kappa shape index (κ1) is 13.5. The maximum Gasteiger partial charge on any atom is 0.0547 e. The first-order chi connectivity index (χ1) is 8.65. The van der Waals surface area contributed by atoms with Crippen molar-refractivity contribution in [1.29, 1.82) is 0 Å². The second-order valence-corrected chi connectivity index (χ2v) is 5.65. The van der Waals surface area contributed by atoms with E-state index in [4.69, 9.17) is 0 Å². The number of aryl methyl sites for hydroxylation is 1. The Balaban J connectivity index is 1.86. The summed E-state index contributed by atoms with van der Waals surface area (Å²) in [6.45, 7) is 7.62. The Morgan fingerprint density at radius 3 is 3.00 bits per heavy atom. The molecule has 0 aliphatic carbocycles. The Kier molecular flexibility index (Phi) is 4.72. The van der Waals surface area contributed by atoms with Crippen LogP contribution in [0.3, 0.4) is 0 Å². The third kappa shape index (κ3) is 3.79. The highest BCUT2D eigenvalue weighted by atomic mass is 15.1. The molecule has 1 aromatic rings. The van der Waals surface area contributed by atoms with Crippen LogP contribution in [0.4, 0.5) is 0 Å². The minimum Gasteiger partial charge on any atom is -0.312 e. The van der Waals surface area contributed by atoms with Gasteiger partial charge in [-0.25, -0.2) is 0 Å². The quantitative estimate of drug-likeness (QED) is 0.884. The molecule has 0 radical (unpaired) electrons. The summed E-state index contributed by atoms with van der Waals surface area (Å²) in [5.41, 5.74) is 2.27. The summed E-state index contributed by atoms with van der Waals surface area (Å²) in [5, 5.41) is 3.63. The summed E-state index contributed by atoms with van der Waals surface area (Å²) >= 11 is 0. The fourth-order valence-electron chi connectivity index (χ4n) is 2.72. The number of hydrogen-bond acceptors (Lipinski definition) is 3. The second-order valence-electron chi connectivity index (χ2n) is 5.65. The van der Waals surface area contributed by atoms with Crippen LogP contribution in [-0.4, -0.2) is 36.1 Å². The normalized spacial score (nSPS) is 24.4. The highest BCUT2D eigenvalue weighted by Gasteiger charge is 2.21. The van der Waals surface area contributed by atoms with E-state index in [9.17, 15) is 0 Å². The lowest BCUT2D eigenvalue weighted by Gasteiger charge is -2.33. The van der Waals surface area contributed by atoms with E-state index in [1.807, 2.05) is 13.0 Å². The van der Waals surface area contributed by atoms with Crippen LogP contribution in [0.2, 0.25) is 0 Å². The van der Waals surface area contributed by atoms with Crippen molar-refractivity contribution >= 4 is 0 Å². The third-order valence-electron chi connectivity index (χ3n) is 3.82. The molecule has 0 amide bonds. The van der Waals surface area contributed by atoms with E-state index >= 15 is 0 Å². The number of hydrogen-bond donors (Lipinski definition) is 1. The number of likely N-dealkylation sites (N-methyl/N-ethyl adjacent to an activating group) is 1. The molecule has 2 unspecified atom stereocenters. The minimum atomic E-state index is 0.633. The Bertz CT molecular complexity index is 378. The largest absolute Gasteiger partial charge is 0.312 e. The second kappa shape index (κ2) is 6.30. The van der Waals surface area contributed by atoms with E-state index in [0.29, 0.717) is 6.04 Å². The van der Waals surface area contributed by atoms with Crippen molar-refractivity contribution in [3.63, 3.8) is 0 Å². The smallest absolute Gasteiger partial charge is 0.0547 e. The number of rotatable bonds is 4. The molecular weight excluding hydrogens is 222 g/mol. The molecule has 1 aliphatic heterocycles. The van der Waals surface area contributed by atoms with Crippen LogP contribution >= 0.6 is 0 Å². The number of piperidine rings is 1. The van der Waals surface area contributed by atoms with E-state index < -0.39 is 0 Å². The predicted octanol–water partition coefficient (Wildman–Crippen LogP) is 2.21. The summed E-state index contributed by atoms with van der Waals surface area (Å²) in [5.74, 6) is 0.784. The summed E-state index contributed by atoms with van der Waals surface area (Å²) in [4.78, 5) is 6.94. The van der Waals surface area contributed by atoms with Crippen LogP contribution in [-0.2, 0) is 6.54 Å². The molecule has 3 nitrogen and oxygen atoms in total. The SMILES string of the molecule is Cc1cccc(CN(C)CC2NCCCC2C)n1. The highest BCUT2D eigenvalue weighted by molar-refractivity contribution is 5.09. The standard InChI is InChI=1S/C15H25N3/c1-12-6-5-9-16-15(12)11-18(3)10-14-8-4-7-13(2)17-14/h4,7-8,12,15-16H,5-6,9-11H2,1-3H3. The van der Waals surface area contributed by atoms with Crippen LogP contribution < -0.4 is 5.32 Å². The summed E-state index contributed by atoms with van der Waals surface area (Å²) < 4.78 is 0.